The number of aryl methyl sites for hydroxylation is 1. The van der Waals surface area contributed by atoms with Crippen LogP contribution >= 0.6 is 0 Å². The van der Waals surface area contributed by atoms with Gasteiger partial charge in [0.2, 0.25) is 0 Å². The lowest BCUT2D eigenvalue weighted by Gasteiger charge is -2.19. The summed E-state index contributed by atoms with van der Waals surface area (Å²) in [5.74, 6) is 0. The van der Waals surface area contributed by atoms with Crippen LogP contribution < -0.4 is 38.1 Å². The molecular formula is C40H71N7O2. The number of rotatable bonds is 29. The lowest BCUT2D eigenvalue weighted by molar-refractivity contribution is 0.0527. The summed E-state index contributed by atoms with van der Waals surface area (Å²) in [4.78, 5) is 11.8. The van der Waals surface area contributed by atoms with Crippen LogP contribution in [-0.4, -0.2) is 70.6 Å². The number of unbranched alkanes of at least 4 members (excludes halogenated alkanes) is 6. The Morgan fingerprint density at radius 2 is 1.12 bits per heavy atom. The van der Waals surface area contributed by atoms with Gasteiger partial charge in [-0.05, 0) is 164 Å². The third-order valence-electron chi connectivity index (χ3n) is 8.31. The van der Waals surface area contributed by atoms with E-state index in [0.29, 0.717) is 6.54 Å². The van der Waals surface area contributed by atoms with Crippen LogP contribution in [0.5, 0.6) is 0 Å². The summed E-state index contributed by atoms with van der Waals surface area (Å²) >= 11 is 0. The number of nitrogens with one attached hydrogen (secondary N) is 5. The maximum absolute atomic E-state index is 11.8. The van der Waals surface area contributed by atoms with Crippen molar-refractivity contribution in [2.24, 2.45) is 11.5 Å². The minimum Gasteiger partial charge on any atom is -0.444 e. The second-order valence-corrected chi connectivity index (χ2v) is 14.2. The van der Waals surface area contributed by atoms with E-state index in [4.69, 9.17) is 16.2 Å². The zero-order chi connectivity index (χ0) is 35.4. The molecule has 9 nitrogen and oxygen atoms in total. The van der Waals surface area contributed by atoms with E-state index in [1.807, 2.05) is 20.8 Å². The van der Waals surface area contributed by atoms with Crippen molar-refractivity contribution in [3.8, 4) is 11.1 Å². The van der Waals surface area contributed by atoms with E-state index >= 15 is 0 Å². The Morgan fingerprint density at radius 1 is 0.571 bits per heavy atom. The topological polar surface area (TPSA) is 138 Å². The highest BCUT2D eigenvalue weighted by molar-refractivity contribution is 5.67. The molecule has 0 radical (unpaired) electrons. The fourth-order valence-corrected chi connectivity index (χ4v) is 5.72. The summed E-state index contributed by atoms with van der Waals surface area (Å²) in [6.07, 6.45) is 13.4. The van der Waals surface area contributed by atoms with Crippen molar-refractivity contribution in [1.29, 1.82) is 0 Å². The van der Waals surface area contributed by atoms with E-state index < -0.39 is 5.60 Å². The van der Waals surface area contributed by atoms with Gasteiger partial charge in [0.25, 0.3) is 0 Å². The zero-order valence-electron chi connectivity index (χ0n) is 31.3. The first kappa shape index (κ1) is 42.6. The van der Waals surface area contributed by atoms with Gasteiger partial charge in [-0.25, -0.2) is 4.79 Å². The monoisotopic (exact) mass is 682 g/mol. The number of amides is 1. The predicted octanol–water partition coefficient (Wildman–Crippen LogP) is 5.99. The fraction of sp³-hybridized carbons (Fsp3) is 0.675. The molecule has 1 amide bonds. The van der Waals surface area contributed by atoms with Gasteiger partial charge in [-0.3, -0.25) is 0 Å². The highest BCUT2D eigenvalue weighted by Gasteiger charge is 2.15. The van der Waals surface area contributed by atoms with Crippen LogP contribution in [0.2, 0.25) is 0 Å². The molecule has 2 rings (SSSR count). The molecule has 0 aromatic heterocycles. The number of nitrogens with two attached hydrogens (primary N) is 2. The van der Waals surface area contributed by atoms with Crippen molar-refractivity contribution in [3.05, 3.63) is 59.2 Å². The summed E-state index contributed by atoms with van der Waals surface area (Å²) in [7, 11) is 0. The molecule has 0 unspecified atom stereocenters. The summed E-state index contributed by atoms with van der Waals surface area (Å²) < 4.78 is 5.28. The van der Waals surface area contributed by atoms with Gasteiger partial charge in [0, 0.05) is 19.6 Å². The normalized spacial score (nSPS) is 11.6. The first-order valence-corrected chi connectivity index (χ1v) is 19.2. The number of benzene rings is 2. The lowest BCUT2D eigenvalue weighted by Crippen LogP contribution is -2.34. The number of carbonyl (C=O) groups excluding carboxylic acids is 1. The van der Waals surface area contributed by atoms with Crippen molar-refractivity contribution in [1.82, 2.24) is 26.6 Å². The molecular weight excluding hydrogens is 610 g/mol. The Hall–Kier alpha value is -2.53. The molecule has 2 aromatic rings. The molecule has 0 aliphatic carbocycles. The van der Waals surface area contributed by atoms with E-state index in [1.165, 1.54) is 66.3 Å². The SMILES string of the molecule is CC(C)(C)OC(=O)NCCCNCCCCCc1cc(CNCCCCCCCN)cc(-c2cccc(CNCCCNCCCN)c2)c1. The molecule has 0 saturated carbocycles. The first-order valence-electron chi connectivity index (χ1n) is 19.2. The van der Waals surface area contributed by atoms with Gasteiger partial charge in [-0.1, -0.05) is 56.0 Å². The highest BCUT2D eigenvalue weighted by Crippen LogP contribution is 2.25. The van der Waals surface area contributed by atoms with E-state index in [1.54, 1.807) is 0 Å². The van der Waals surface area contributed by atoms with Gasteiger partial charge in [0.15, 0.2) is 0 Å². The summed E-state index contributed by atoms with van der Waals surface area (Å²) in [5, 5.41) is 17.1. The molecule has 0 aliphatic rings. The van der Waals surface area contributed by atoms with Crippen LogP contribution in [0.25, 0.3) is 11.1 Å². The molecule has 0 aliphatic heterocycles. The largest absolute Gasteiger partial charge is 0.444 e. The summed E-state index contributed by atoms with van der Waals surface area (Å²) in [6, 6.07) is 16.2. The smallest absolute Gasteiger partial charge is 0.407 e. The molecule has 9 heteroatoms. The molecule has 0 bridgehead atoms. The van der Waals surface area contributed by atoms with Crippen LogP contribution in [0, 0.1) is 0 Å². The number of hydrogen-bond acceptors (Lipinski definition) is 8. The molecule has 0 heterocycles. The van der Waals surface area contributed by atoms with E-state index in [-0.39, 0.29) is 6.09 Å². The standard InChI is InChI=1S/C40H71N7O2/c1-40(2,3)49-39(48)47-27-15-25-43-21-11-7-8-16-34-28-36(33-45-22-10-6-4-5-9-19-41)31-38(29-34)37-18-12-17-35(30-37)32-46-26-14-24-44-23-13-20-42/h12,17-18,28-31,43-46H,4-11,13-16,19-27,32-33,41-42H2,1-3H3,(H,47,48). The Kier molecular flexibility index (Phi) is 23.7. The Bertz CT molecular complexity index is 1120. The quantitative estimate of drug-likeness (QED) is 0.0521. The van der Waals surface area contributed by atoms with Crippen LogP contribution in [0.1, 0.15) is 108 Å². The molecule has 0 spiro atoms. The minimum atomic E-state index is -0.461. The van der Waals surface area contributed by atoms with Gasteiger partial charge in [0.1, 0.15) is 5.60 Å². The van der Waals surface area contributed by atoms with Crippen molar-refractivity contribution in [2.75, 3.05) is 58.9 Å². The second kappa shape index (κ2) is 27.2. The van der Waals surface area contributed by atoms with Crippen LogP contribution in [0.3, 0.4) is 0 Å². The molecule has 0 fully saturated rings. The predicted molar refractivity (Wildman–Crippen MR) is 208 cm³/mol. The average Bonchev–Trinajstić information content (AvgIpc) is 3.07. The molecule has 278 valence electrons. The van der Waals surface area contributed by atoms with Crippen molar-refractivity contribution in [2.45, 2.75) is 117 Å². The number of alkyl carbamates (subject to hydrolysis) is 1. The van der Waals surface area contributed by atoms with E-state index in [0.717, 1.165) is 104 Å². The molecule has 0 saturated heterocycles. The molecule has 0 atom stereocenters. The zero-order valence-corrected chi connectivity index (χ0v) is 31.3. The van der Waals surface area contributed by atoms with Gasteiger partial charge in [0.05, 0.1) is 0 Å². The van der Waals surface area contributed by atoms with Crippen molar-refractivity contribution >= 4 is 6.09 Å². The third kappa shape index (κ3) is 22.7. The van der Waals surface area contributed by atoms with Gasteiger partial charge < -0.3 is 42.8 Å². The van der Waals surface area contributed by atoms with Crippen LogP contribution in [-0.2, 0) is 24.2 Å². The van der Waals surface area contributed by atoms with Crippen LogP contribution in [0.4, 0.5) is 4.79 Å². The van der Waals surface area contributed by atoms with Crippen molar-refractivity contribution < 1.29 is 9.53 Å². The number of hydrogen-bond donors (Lipinski definition) is 7. The van der Waals surface area contributed by atoms with Crippen molar-refractivity contribution in [3.63, 3.8) is 0 Å². The fourth-order valence-electron chi connectivity index (χ4n) is 5.72. The minimum absolute atomic E-state index is 0.344. The lowest BCUT2D eigenvalue weighted by atomic mass is 9.96. The summed E-state index contributed by atoms with van der Waals surface area (Å²) in [6.45, 7) is 15.5. The molecule has 49 heavy (non-hydrogen) atoms. The summed E-state index contributed by atoms with van der Waals surface area (Å²) in [5.41, 5.74) is 17.4. The van der Waals surface area contributed by atoms with Gasteiger partial charge in [-0.2, -0.15) is 0 Å². The molecule has 9 N–H and O–H groups in total. The number of carbonyl (C=O) groups is 1. The van der Waals surface area contributed by atoms with E-state index in [2.05, 4.69) is 69.0 Å². The highest BCUT2D eigenvalue weighted by atomic mass is 16.6. The van der Waals surface area contributed by atoms with E-state index in [9.17, 15) is 4.79 Å². The number of ether oxygens (including phenoxy) is 1. The first-order chi connectivity index (χ1) is 23.8. The maximum atomic E-state index is 11.8. The average molecular weight is 682 g/mol. The van der Waals surface area contributed by atoms with Gasteiger partial charge >= 0.3 is 6.09 Å². The Balaban J connectivity index is 1.83. The van der Waals surface area contributed by atoms with Crippen LogP contribution in [0.15, 0.2) is 42.5 Å². The third-order valence-corrected chi connectivity index (χ3v) is 8.31. The molecule has 2 aromatic carbocycles. The van der Waals surface area contributed by atoms with Gasteiger partial charge in [-0.15, -0.1) is 0 Å². The maximum Gasteiger partial charge on any atom is 0.407 e. The Morgan fingerprint density at radius 3 is 1.86 bits per heavy atom. The second-order valence-electron chi connectivity index (χ2n) is 14.2. The Labute approximate surface area is 298 Å².